The summed E-state index contributed by atoms with van der Waals surface area (Å²) in [4.78, 5) is 3.00. The summed E-state index contributed by atoms with van der Waals surface area (Å²) in [6, 6.07) is 5.82. The Balaban J connectivity index is 1.93. The zero-order chi connectivity index (χ0) is 13.1. The molecule has 1 N–H and O–H groups in total. The molecule has 4 unspecified atom stereocenters. The normalized spacial score (nSPS) is 29.7. The number of nitrogens with one attached hydrogen (secondary N) is 1. The summed E-state index contributed by atoms with van der Waals surface area (Å²) >= 11 is 1.97. The van der Waals surface area contributed by atoms with Gasteiger partial charge in [0.15, 0.2) is 0 Å². The van der Waals surface area contributed by atoms with Crippen molar-refractivity contribution in [1.29, 1.82) is 0 Å². The molecule has 0 amide bonds. The summed E-state index contributed by atoms with van der Waals surface area (Å²) in [5.41, 5.74) is 0. The van der Waals surface area contributed by atoms with Crippen molar-refractivity contribution in [3.63, 3.8) is 0 Å². The first-order valence-corrected chi connectivity index (χ1v) is 8.32. The van der Waals surface area contributed by atoms with Gasteiger partial charge in [-0.25, -0.2) is 0 Å². The van der Waals surface area contributed by atoms with Crippen LogP contribution in [-0.2, 0) is 6.42 Å². The van der Waals surface area contributed by atoms with Crippen LogP contribution in [0.1, 0.15) is 62.8 Å². The number of hydrogen-bond donors (Lipinski definition) is 1. The van der Waals surface area contributed by atoms with Gasteiger partial charge in [-0.05, 0) is 50.2 Å². The summed E-state index contributed by atoms with van der Waals surface area (Å²) in [6.45, 7) is 9.31. The van der Waals surface area contributed by atoms with Gasteiger partial charge < -0.3 is 5.32 Å². The lowest BCUT2D eigenvalue weighted by Crippen LogP contribution is -2.34. The van der Waals surface area contributed by atoms with E-state index >= 15 is 0 Å². The molecule has 18 heavy (non-hydrogen) atoms. The van der Waals surface area contributed by atoms with E-state index in [1.807, 2.05) is 11.3 Å². The van der Waals surface area contributed by atoms with E-state index in [1.165, 1.54) is 29.0 Å². The maximum atomic E-state index is 3.86. The topological polar surface area (TPSA) is 12.0 Å². The van der Waals surface area contributed by atoms with Gasteiger partial charge in [-0.2, -0.15) is 0 Å². The van der Waals surface area contributed by atoms with Gasteiger partial charge >= 0.3 is 0 Å². The van der Waals surface area contributed by atoms with Gasteiger partial charge in [0.05, 0.1) is 0 Å². The minimum Gasteiger partial charge on any atom is -0.306 e. The Kier molecular flexibility index (Phi) is 4.85. The fourth-order valence-corrected chi connectivity index (χ4v) is 4.24. The van der Waals surface area contributed by atoms with E-state index in [0.717, 1.165) is 24.3 Å². The Hall–Kier alpha value is -0.340. The van der Waals surface area contributed by atoms with Crippen LogP contribution < -0.4 is 5.32 Å². The highest BCUT2D eigenvalue weighted by molar-refractivity contribution is 7.12. The van der Waals surface area contributed by atoms with E-state index in [9.17, 15) is 0 Å². The molecule has 0 radical (unpaired) electrons. The van der Waals surface area contributed by atoms with Crippen molar-refractivity contribution >= 4 is 11.3 Å². The highest BCUT2D eigenvalue weighted by Gasteiger charge is 2.32. The van der Waals surface area contributed by atoms with Gasteiger partial charge in [-0.1, -0.05) is 27.2 Å². The number of hydrogen-bond acceptors (Lipinski definition) is 2. The Morgan fingerprint density at radius 3 is 2.67 bits per heavy atom. The average Bonchev–Trinajstić information content (AvgIpc) is 2.97. The third-order valence-corrected chi connectivity index (χ3v) is 6.09. The molecule has 2 heteroatoms. The van der Waals surface area contributed by atoms with Crippen LogP contribution in [0.3, 0.4) is 0 Å². The molecule has 1 aliphatic rings. The van der Waals surface area contributed by atoms with Crippen LogP contribution in [-0.4, -0.2) is 6.04 Å². The molecule has 0 bridgehead atoms. The predicted octanol–water partition coefficient (Wildman–Crippen LogP) is 4.79. The summed E-state index contributed by atoms with van der Waals surface area (Å²) in [5.74, 6) is 1.77. The minimum absolute atomic E-state index is 0.512. The quantitative estimate of drug-likeness (QED) is 0.807. The van der Waals surface area contributed by atoms with Crippen molar-refractivity contribution in [2.24, 2.45) is 11.8 Å². The van der Waals surface area contributed by atoms with E-state index < -0.39 is 0 Å². The Morgan fingerprint density at radius 1 is 1.33 bits per heavy atom. The summed E-state index contributed by atoms with van der Waals surface area (Å²) in [6.07, 6.45) is 5.27. The molecule has 0 aliphatic heterocycles. The third-order valence-electron chi connectivity index (χ3n) is 4.67. The maximum Gasteiger partial charge on any atom is 0.0388 e. The Labute approximate surface area is 116 Å². The van der Waals surface area contributed by atoms with Gasteiger partial charge in [0.1, 0.15) is 0 Å². The van der Waals surface area contributed by atoms with E-state index in [0.29, 0.717) is 6.04 Å². The SMILES string of the molecule is CCc1ccc(C(C)NC2CCC(CC)C2C)s1. The van der Waals surface area contributed by atoms with Gasteiger partial charge in [-0.15, -0.1) is 11.3 Å². The lowest BCUT2D eigenvalue weighted by atomic mass is 9.93. The lowest BCUT2D eigenvalue weighted by molar-refractivity contribution is 0.328. The first kappa shape index (κ1) is 14.1. The van der Waals surface area contributed by atoms with Crippen molar-refractivity contribution in [3.8, 4) is 0 Å². The zero-order valence-electron chi connectivity index (χ0n) is 12.2. The van der Waals surface area contributed by atoms with Crippen molar-refractivity contribution in [1.82, 2.24) is 5.32 Å². The molecular weight excluding hydrogens is 238 g/mol. The van der Waals surface area contributed by atoms with Crippen LogP contribution in [0.15, 0.2) is 12.1 Å². The summed E-state index contributed by atoms with van der Waals surface area (Å²) in [7, 11) is 0. The predicted molar refractivity (Wildman–Crippen MR) is 81.2 cm³/mol. The first-order chi connectivity index (χ1) is 8.65. The number of thiophene rings is 1. The fourth-order valence-electron chi connectivity index (χ4n) is 3.28. The molecule has 0 saturated heterocycles. The molecule has 102 valence electrons. The van der Waals surface area contributed by atoms with Gasteiger partial charge in [-0.3, -0.25) is 0 Å². The van der Waals surface area contributed by atoms with Crippen molar-refractivity contribution in [2.75, 3.05) is 0 Å². The molecule has 1 aliphatic carbocycles. The third kappa shape index (κ3) is 2.97. The van der Waals surface area contributed by atoms with Crippen LogP contribution in [0.5, 0.6) is 0 Å². The second kappa shape index (κ2) is 6.21. The molecule has 1 heterocycles. The molecule has 1 aromatic rings. The van der Waals surface area contributed by atoms with Gasteiger partial charge in [0, 0.05) is 21.8 Å². The number of aryl methyl sites for hydroxylation is 1. The van der Waals surface area contributed by atoms with Crippen molar-refractivity contribution in [3.05, 3.63) is 21.9 Å². The maximum absolute atomic E-state index is 3.86. The zero-order valence-corrected chi connectivity index (χ0v) is 13.0. The highest BCUT2D eigenvalue weighted by Crippen LogP contribution is 2.35. The van der Waals surface area contributed by atoms with Crippen LogP contribution >= 0.6 is 11.3 Å². The second-order valence-electron chi connectivity index (χ2n) is 5.76. The largest absolute Gasteiger partial charge is 0.306 e. The minimum atomic E-state index is 0.512. The standard InChI is InChI=1S/C16H27NS/c1-5-13-7-9-15(11(13)3)17-12(4)16-10-8-14(6-2)18-16/h8,10-13,15,17H,5-7,9H2,1-4H3. The van der Waals surface area contributed by atoms with Crippen LogP contribution in [0.4, 0.5) is 0 Å². The van der Waals surface area contributed by atoms with E-state index in [2.05, 4.69) is 45.1 Å². The van der Waals surface area contributed by atoms with Crippen LogP contribution in [0.25, 0.3) is 0 Å². The first-order valence-electron chi connectivity index (χ1n) is 7.50. The molecule has 4 atom stereocenters. The van der Waals surface area contributed by atoms with E-state index in [4.69, 9.17) is 0 Å². The lowest BCUT2D eigenvalue weighted by Gasteiger charge is -2.24. The molecule has 1 nitrogen and oxygen atoms in total. The molecule has 1 fully saturated rings. The Bertz CT molecular complexity index is 371. The highest BCUT2D eigenvalue weighted by atomic mass is 32.1. The van der Waals surface area contributed by atoms with Crippen LogP contribution in [0.2, 0.25) is 0 Å². The summed E-state index contributed by atoms with van der Waals surface area (Å²) in [5, 5.41) is 3.86. The molecule has 2 rings (SSSR count). The molecule has 1 aromatic heterocycles. The molecule has 0 spiro atoms. The van der Waals surface area contributed by atoms with Crippen molar-refractivity contribution in [2.45, 2.75) is 65.5 Å². The Morgan fingerprint density at radius 2 is 2.11 bits per heavy atom. The van der Waals surface area contributed by atoms with Gasteiger partial charge in [0.2, 0.25) is 0 Å². The molecule has 1 saturated carbocycles. The number of rotatable bonds is 5. The smallest absolute Gasteiger partial charge is 0.0388 e. The monoisotopic (exact) mass is 265 g/mol. The molecular formula is C16H27NS. The summed E-state index contributed by atoms with van der Waals surface area (Å²) < 4.78 is 0. The van der Waals surface area contributed by atoms with Crippen LogP contribution in [0, 0.1) is 11.8 Å². The van der Waals surface area contributed by atoms with E-state index in [1.54, 1.807) is 0 Å². The average molecular weight is 265 g/mol. The van der Waals surface area contributed by atoms with Gasteiger partial charge in [0.25, 0.3) is 0 Å². The van der Waals surface area contributed by atoms with Crippen molar-refractivity contribution < 1.29 is 0 Å². The fraction of sp³-hybridized carbons (Fsp3) is 0.750. The molecule has 0 aromatic carbocycles. The second-order valence-corrected chi connectivity index (χ2v) is 6.96. The van der Waals surface area contributed by atoms with E-state index in [-0.39, 0.29) is 0 Å².